The molecule has 0 saturated heterocycles. The standard InChI is InChI=1S/C23H21N5O/c1-3-16-9-11-18(12-10-16)27-23(29)20-14-21(26-15(2)25-20)28-19-8-4-6-17-7-5-13-24-22(17)19/h4-14H,3H2,1-2H3,(H,27,29)(H,25,26,28). The number of nitrogens with zero attached hydrogens (tertiary/aromatic N) is 3. The number of hydrogen-bond donors (Lipinski definition) is 2. The zero-order valence-corrected chi connectivity index (χ0v) is 16.3. The minimum atomic E-state index is -0.279. The molecule has 0 unspecified atom stereocenters. The Balaban J connectivity index is 1.59. The fourth-order valence-electron chi connectivity index (χ4n) is 3.11. The van der Waals surface area contributed by atoms with E-state index < -0.39 is 0 Å². The van der Waals surface area contributed by atoms with Crippen molar-refractivity contribution in [2.75, 3.05) is 10.6 Å². The van der Waals surface area contributed by atoms with E-state index in [0.29, 0.717) is 17.3 Å². The molecule has 0 aliphatic rings. The second-order valence-electron chi connectivity index (χ2n) is 6.70. The molecular weight excluding hydrogens is 362 g/mol. The molecule has 4 aromatic rings. The van der Waals surface area contributed by atoms with Gasteiger partial charge in [-0.1, -0.05) is 37.3 Å². The first-order valence-corrected chi connectivity index (χ1v) is 9.49. The molecule has 4 rings (SSSR count). The topological polar surface area (TPSA) is 79.8 Å². The third kappa shape index (κ3) is 4.21. The molecule has 6 nitrogen and oxygen atoms in total. The molecule has 29 heavy (non-hydrogen) atoms. The van der Waals surface area contributed by atoms with Gasteiger partial charge in [0.25, 0.3) is 5.91 Å². The molecule has 2 heterocycles. The highest BCUT2D eigenvalue weighted by atomic mass is 16.1. The number of anilines is 3. The van der Waals surface area contributed by atoms with Crippen molar-refractivity contribution in [1.82, 2.24) is 15.0 Å². The molecule has 0 spiro atoms. The van der Waals surface area contributed by atoms with Crippen molar-refractivity contribution in [3.8, 4) is 0 Å². The van der Waals surface area contributed by atoms with E-state index in [0.717, 1.165) is 28.7 Å². The molecule has 0 saturated carbocycles. The van der Waals surface area contributed by atoms with Crippen LogP contribution in [-0.4, -0.2) is 20.9 Å². The van der Waals surface area contributed by atoms with Crippen LogP contribution >= 0.6 is 0 Å². The van der Waals surface area contributed by atoms with E-state index in [1.165, 1.54) is 5.56 Å². The van der Waals surface area contributed by atoms with Crippen molar-refractivity contribution >= 4 is 34.0 Å². The highest BCUT2D eigenvalue weighted by Gasteiger charge is 2.12. The summed E-state index contributed by atoms with van der Waals surface area (Å²) in [6.07, 6.45) is 2.71. The lowest BCUT2D eigenvalue weighted by Gasteiger charge is -2.11. The number of para-hydroxylation sites is 1. The average molecular weight is 383 g/mol. The van der Waals surface area contributed by atoms with E-state index in [1.807, 2.05) is 54.6 Å². The first kappa shape index (κ1) is 18.6. The predicted octanol–water partition coefficient (Wildman–Crippen LogP) is 4.89. The first-order valence-electron chi connectivity index (χ1n) is 9.49. The number of nitrogens with one attached hydrogen (secondary N) is 2. The van der Waals surface area contributed by atoms with Crippen molar-refractivity contribution < 1.29 is 4.79 Å². The number of hydrogen-bond acceptors (Lipinski definition) is 5. The van der Waals surface area contributed by atoms with Gasteiger partial charge in [-0.3, -0.25) is 9.78 Å². The van der Waals surface area contributed by atoms with Gasteiger partial charge in [0, 0.05) is 23.3 Å². The molecule has 1 amide bonds. The largest absolute Gasteiger partial charge is 0.338 e. The van der Waals surface area contributed by atoms with Gasteiger partial charge in [0.2, 0.25) is 0 Å². The summed E-state index contributed by atoms with van der Waals surface area (Å²) in [5.41, 5.74) is 3.91. The third-order valence-corrected chi connectivity index (χ3v) is 4.59. The van der Waals surface area contributed by atoms with Crippen LogP contribution in [0.25, 0.3) is 10.9 Å². The maximum Gasteiger partial charge on any atom is 0.274 e. The van der Waals surface area contributed by atoms with Gasteiger partial charge in [0.05, 0.1) is 11.2 Å². The number of fused-ring (bicyclic) bond motifs is 1. The van der Waals surface area contributed by atoms with Crippen LogP contribution in [0.5, 0.6) is 0 Å². The van der Waals surface area contributed by atoms with Gasteiger partial charge in [0.1, 0.15) is 17.3 Å². The number of carbonyl (C=O) groups excluding carboxylic acids is 1. The molecule has 0 radical (unpaired) electrons. The number of rotatable bonds is 5. The molecule has 0 aliphatic heterocycles. The Bertz CT molecular complexity index is 1170. The lowest BCUT2D eigenvalue weighted by molar-refractivity contribution is 0.102. The molecule has 2 aromatic carbocycles. The summed E-state index contributed by atoms with van der Waals surface area (Å²) in [5.74, 6) is 0.774. The quantitative estimate of drug-likeness (QED) is 0.513. The monoisotopic (exact) mass is 383 g/mol. The number of amides is 1. The highest BCUT2D eigenvalue weighted by molar-refractivity contribution is 6.03. The molecule has 2 N–H and O–H groups in total. The molecule has 0 aliphatic carbocycles. The number of benzene rings is 2. The second-order valence-corrected chi connectivity index (χ2v) is 6.70. The van der Waals surface area contributed by atoms with Crippen molar-refractivity contribution in [2.24, 2.45) is 0 Å². The van der Waals surface area contributed by atoms with Crippen molar-refractivity contribution in [2.45, 2.75) is 20.3 Å². The van der Waals surface area contributed by atoms with E-state index in [1.54, 1.807) is 19.2 Å². The highest BCUT2D eigenvalue weighted by Crippen LogP contribution is 2.24. The SMILES string of the molecule is CCc1ccc(NC(=O)c2cc(Nc3cccc4cccnc34)nc(C)n2)cc1. The summed E-state index contributed by atoms with van der Waals surface area (Å²) in [7, 11) is 0. The van der Waals surface area contributed by atoms with E-state index >= 15 is 0 Å². The smallest absolute Gasteiger partial charge is 0.274 e. The van der Waals surface area contributed by atoms with E-state index in [2.05, 4.69) is 32.5 Å². The Kier molecular flexibility index (Phi) is 5.16. The Labute approximate surface area is 169 Å². The summed E-state index contributed by atoms with van der Waals surface area (Å²) in [5, 5.41) is 7.18. The Morgan fingerprint density at radius 3 is 2.59 bits per heavy atom. The van der Waals surface area contributed by atoms with Crippen LogP contribution in [0.3, 0.4) is 0 Å². The van der Waals surface area contributed by atoms with Gasteiger partial charge >= 0.3 is 0 Å². The Morgan fingerprint density at radius 1 is 1.00 bits per heavy atom. The van der Waals surface area contributed by atoms with Gasteiger partial charge in [0.15, 0.2) is 0 Å². The van der Waals surface area contributed by atoms with E-state index in [-0.39, 0.29) is 5.91 Å². The lowest BCUT2D eigenvalue weighted by atomic mass is 10.1. The normalized spacial score (nSPS) is 10.7. The van der Waals surface area contributed by atoms with Crippen LogP contribution in [0.4, 0.5) is 17.2 Å². The third-order valence-electron chi connectivity index (χ3n) is 4.59. The first-order chi connectivity index (χ1) is 14.1. The molecule has 144 valence electrons. The van der Waals surface area contributed by atoms with Crippen molar-refractivity contribution in [3.63, 3.8) is 0 Å². The number of aromatic nitrogens is 3. The van der Waals surface area contributed by atoms with Crippen molar-refractivity contribution in [1.29, 1.82) is 0 Å². The molecule has 0 fully saturated rings. The fourth-order valence-corrected chi connectivity index (χ4v) is 3.11. The van der Waals surface area contributed by atoms with Gasteiger partial charge in [-0.2, -0.15) is 0 Å². The molecular formula is C23H21N5O. The zero-order chi connectivity index (χ0) is 20.2. The van der Waals surface area contributed by atoms with Crippen LogP contribution in [-0.2, 0) is 6.42 Å². The summed E-state index contributed by atoms with van der Waals surface area (Å²) in [4.78, 5) is 25.8. The summed E-state index contributed by atoms with van der Waals surface area (Å²) >= 11 is 0. The number of carbonyl (C=O) groups is 1. The predicted molar refractivity (Wildman–Crippen MR) is 116 cm³/mol. The molecule has 0 bridgehead atoms. The van der Waals surface area contributed by atoms with E-state index in [4.69, 9.17) is 0 Å². The fraction of sp³-hybridized carbons (Fsp3) is 0.130. The molecule has 0 atom stereocenters. The van der Waals surface area contributed by atoms with Gasteiger partial charge in [-0.15, -0.1) is 0 Å². The molecule has 6 heteroatoms. The maximum atomic E-state index is 12.7. The van der Waals surface area contributed by atoms with Crippen LogP contribution in [0.2, 0.25) is 0 Å². The Hall–Kier alpha value is -3.80. The Morgan fingerprint density at radius 2 is 1.79 bits per heavy atom. The van der Waals surface area contributed by atoms with Crippen LogP contribution in [0, 0.1) is 6.92 Å². The molecule has 2 aromatic heterocycles. The summed E-state index contributed by atoms with van der Waals surface area (Å²) < 4.78 is 0. The number of aryl methyl sites for hydroxylation is 2. The lowest BCUT2D eigenvalue weighted by Crippen LogP contribution is -2.15. The van der Waals surface area contributed by atoms with Crippen LogP contribution in [0.1, 0.15) is 28.8 Å². The zero-order valence-electron chi connectivity index (χ0n) is 16.3. The van der Waals surface area contributed by atoms with Gasteiger partial charge < -0.3 is 10.6 Å². The number of pyridine rings is 1. The minimum absolute atomic E-state index is 0.279. The summed E-state index contributed by atoms with van der Waals surface area (Å²) in [6.45, 7) is 3.86. The van der Waals surface area contributed by atoms with Crippen molar-refractivity contribution in [3.05, 3.63) is 83.9 Å². The van der Waals surface area contributed by atoms with E-state index in [9.17, 15) is 4.79 Å². The second kappa shape index (κ2) is 8.06. The average Bonchev–Trinajstić information content (AvgIpc) is 2.74. The van der Waals surface area contributed by atoms with Gasteiger partial charge in [-0.05, 0) is 43.2 Å². The maximum absolute atomic E-state index is 12.7. The van der Waals surface area contributed by atoms with Crippen LogP contribution < -0.4 is 10.6 Å². The van der Waals surface area contributed by atoms with Gasteiger partial charge in [-0.25, -0.2) is 9.97 Å². The minimum Gasteiger partial charge on any atom is -0.338 e. The van der Waals surface area contributed by atoms with Crippen LogP contribution in [0.15, 0.2) is 66.9 Å². The summed E-state index contributed by atoms with van der Waals surface area (Å²) in [6, 6.07) is 19.2.